The minimum atomic E-state index is -0.342. The van der Waals surface area contributed by atoms with Crippen LogP contribution < -0.4 is 10.2 Å². The molecular weight excluding hydrogens is 359 g/mol. The van der Waals surface area contributed by atoms with Crippen molar-refractivity contribution in [2.45, 2.75) is 0 Å². The Morgan fingerprint density at radius 2 is 1.85 bits per heavy atom. The molecule has 0 spiro atoms. The Kier molecular flexibility index (Phi) is 5.80. The van der Waals surface area contributed by atoms with E-state index in [4.69, 9.17) is 11.6 Å². The van der Waals surface area contributed by atoms with Crippen LogP contribution in [0.3, 0.4) is 0 Å². The van der Waals surface area contributed by atoms with Crippen LogP contribution in [-0.4, -0.2) is 54.4 Å². The van der Waals surface area contributed by atoms with Crippen molar-refractivity contribution in [1.82, 2.24) is 9.88 Å². The average molecular weight is 378 g/mol. The number of hydrogen-bond acceptors (Lipinski definition) is 3. The lowest BCUT2D eigenvalue weighted by Crippen LogP contribution is -3.15. The molecule has 2 aromatic rings. The number of anilines is 1. The summed E-state index contributed by atoms with van der Waals surface area (Å²) >= 11 is 5.74. The fraction of sp³-hybridized carbons (Fsp3) is 0.278. The fourth-order valence-corrected chi connectivity index (χ4v) is 2.96. The Hall–Kier alpha value is -2.51. The van der Waals surface area contributed by atoms with Crippen molar-refractivity contribution in [2.24, 2.45) is 0 Å². The molecule has 1 saturated heterocycles. The number of halogens is 2. The van der Waals surface area contributed by atoms with Crippen LogP contribution in [0.15, 0.2) is 42.6 Å². The summed E-state index contributed by atoms with van der Waals surface area (Å²) in [5.41, 5.74) is 1.08. The van der Waals surface area contributed by atoms with E-state index in [0.717, 1.165) is 4.90 Å². The average Bonchev–Trinajstić information content (AvgIpc) is 2.64. The summed E-state index contributed by atoms with van der Waals surface area (Å²) in [4.78, 5) is 31.3. The summed E-state index contributed by atoms with van der Waals surface area (Å²) in [5, 5.41) is 3.10. The monoisotopic (exact) mass is 377 g/mol. The lowest BCUT2D eigenvalue weighted by atomic mass is 10.2. The third-order valence-electron chi connectivity index (χ3n) is 4.27. The SMILES string of the molecule is O=C(C[NH+]1CCN(C(=O)c2ccc(Cl)nc2)CC1)Nc1ccc(F)cc1. The van der Waals surface area contributed by atoms with Gasteiger partial charge in [0.25, 0.3) is 11.8 Å². The highest BCUT2D eigenvalue weighted by Gasteiger charge is 2.26. The van der Waals surface area contributed by atoms with Gasteiger partial charge in [-0.2, -0.15) is 0 Å². The Morgan fingerprint density at radius 1 is 1.15 bits per heavy atom. The summed E-state index contributed by atoms with van der Waals surface area (Å²) in [6.45, 7) is 2.82. The van der Waals surface area contributed by atoms with E-state index in [1.54, 1.807) is 17.0 Å². The minimum absolute atomic E-state index is 0.0796. The van der Waals surface area contributed by atoms with Crippen molar-refractivity contribution >= 4 is 29.1 Å². The van der Waals surface area contributed by atoms with Gasteiger partial charge >= 0.3 is 0 Å². The van der Waals surface area contributed by atoms with Crippen LogP contribution in [0, 0.1) is 5.82 Å². The minimum Gasteiger partial charge on any atom is -0.327 e. The maximum Gasteiger partial charge on any atom is 0.279 e. The third kappa shape index (κ3) is 4.77. The first-order valence-electron chi connectivity index (χ1n) is 8.31. The van der Waals surface area contributed by atoms with Crippen LogP contribution in [0.2, 0.25) is 5.15 Å². The molecule has 0 bridgehead atoms. The van der Waals surface area contributed by atoms with Crippen LogP contribution in [0.25, 0.3) is 0 Å². The highest BCUT2D eigenvalue weighted by Crippen LogP contribution is 2.09. The zero-order chi connectivity index (χ0) is 18.5. The van der Waals surface area contributed by atoms with Gasteiger partial charge in [-0.05, 0) is 36.4 Å². The number of rotatable bonds is 4. The topological polar surface area (TPSA) is 66.7 Å². The molecule has 3 rings (SSSR count). The Bertz CT molecular complexity index is 775. The fourth-order valence-electron chi connectivity index (χ4n) is 2.85. The van der Waals surface area contributed by atoms with E-state index in [0.29, 0.717) is 49.1 Å². The number of aromatic nitrogens is 1. The van der Waals surface area contributed by atoms with Gasteiger partial charge in [0.1, 0.15) is 11.0 Å². The molecule has 0 unspecified atom stereocenters. The van der Waals surface area contributed by atoms with Gasteiger partial charge in [-0.25, -0.2) is 9.37 Å². The molecule has 2 N–H and O–H groups in total. The molecular formula is C18H19ClFN4O2+. The second kappa shape index (κ2) is 8.25. The molecule has 0 aliphatic carbocycles. The van der Waals surface area contributed by atoms with Crippen LogP contribution in [0.1, 0.15) is 10.4 Å². The lowest BCUT2D eigenvalue weighted by Gasteiger charge is -2.31. The van der Waals surface area contributed by atoms with Gasteiger partial charge in [-0.15, -0.1) is 0 Å². The molecule has 136 valence electrons. The van der Waals surface area contributed by atoms with Crippen molar-refractivity contribution in [1.29, 1.82) is 0 Å². The summed E-state index contributed by atoms with van der Waals surface area (Å²) < 4.78 is 12.9. The Labute approximate surface area is 155 Å². The predicted octanol–water partition coefficient (Wildman–Crippen LogP) is 0.853. The van der Waals surface area contributed by atoms with Crippen molar-refractivity contribution < 1.29 is 18.9 Å². The molecule has 0 saturated carbocycles. The summed E-state index contributed by atoms with van der Waals surface area (Å²) in [7, 11) is 0. The molecule has 8 heteroatoms. The molecule has 1 fully saturated rings. The van der Waals surface area contributed by atoms with Gasteiger partial charge < -0.3 is 15.1 Å². The zero-order valence-electron chi connectivity index (χ0n) is 14.0. The molecule has 2 amide bonds. The van der Waals surface area contributed by atoms with Crippen LogP contribution >= 0.6 is 11.6 Å². The first-order valence-corrected chi connectivity index (χ1v) is 8.69. The molecule has 6 nitrogen and oxygen atoms in total. The number of nitrogens with one attached hydrogen (secondary N) is 2. The number of amides is 2. The van der Waals surface area contributed by atoms with E-state index < -0.39 is 0 Å². The number of carbonyl (C=O) groups excluding carboxylic acids is 2. The van der Waals surface area contributed by atoms with Crippen molar-refractivity contribution in [3.05, 3.63) is 59.1 Å². The first kappa shape index (κ1) is 18.3. The Balaban J connectivity index is 1.47. The first-order chi connectivity index (χ1) is 12.5. The van der Waals surface area contributed by atoms with E-state index in [2.05, 4.69) is 10.3 Å². The molecule has 26 heavy (non-hydrogen) atoms. The second-order valence-corrected chi connectivity index (χ2v) is 6.53. The number of pyridine rings is 1. The number of hydrogen-bond donors (Lipinski definition) is 2. The quantitative estimate of drug-likeness (QED) is 0.776. The number of piperazine rings is 1. The van der Waals surface area contributed by atoms with Gasteiger partial charge in [0.05, 0.1) is 31.7 Å². The standard InChI is InChI=1S/C18H18ClFN4O2/c19-16-6-1-13(11-21-16)18(26)24-9-7-23(8-10-24)12-17(25)22-15-4-2-14(20)3-5-15/h1-6,11H,7-10,12H2,(H,22,25)/p+1. The van der Waals surface area contributed by atoms with Gasteiger partial charge in [-0.3, -0.25) is 9.59 Å². The van der Waals surface area contributed by atoms with Gasteiger partial charge in [0.2, 0.25) is 0 Å². The molecule has 1 aromatic carbocycles. The number of quaternary nitrogens is 1. The Morgan fingerprint density at radius 3 is 2.46 bits per heavy atom. The maximum absolute atomic E-state index is 12.9. The van der Waals surface area contributed by atoms with E-state index in [1.807, 2.05) is 0 Å². The summed E-state index contributed by atoms with van der Waals surface area (Å²) in [6, 6.07) is 8.92. The van der Waals surface area contributed by atoms with Gasteiger partial charge in [-0.1, -0.05) is 11.6 Å². The number of carbonyl (C=O) groups is 2. The molecule has 1 aromatic heterocycles. The molecule has 1 aliphatic rings. The van der Waals surface area contributed by atoms with E-state index in [-0.39, 0.29) is 17.6 Å². The zero-order valence-corrected chi connectivity index (χ0v) is 14.8. The van der Waals surface area contributed by atoms with Crippen molar-refractivity contribution in [2.75, 3.05) is 38.0 Å². The van der Waals surface area contributed by atoms with E-state index >= 15 is 0 Å². The predicted molar refractivity (Wildman–Crippen MR) is 95.7 cm³/mol. The molecule has 0 atom stereocenters. The third-order valence-corrected chi connectivity index (χ3v) is 4.49. The van der Waals surface area contributed by atoms with Gasteiger partial charge in [0, 0.05) is 11.9 Å². The largest absolute Gasteiger partial charge is 0.327 e. The van der Waals surface area contributed by atoms with Crippen molar-refractivity contribution in [3.63, 3.8) is 0 Å². The maximum atomic E-state index is 12.9. The number of benzene rings is 1. The normalized spacial score (nSPS) is 14.9. The molecule has 1 aliphatic heterocycles. The number of nitrogens with zero attached hydrogens (tertiary/aromatic N) is 2. The summed E-state index contributed by atoms with van der Waals surface area (Å²) in [5.74, 6) is -0.553. The van der Waals surface area contributed by atoms with Crippen LogP contribution in [-0.2, 0) is 4.79 Å². The highest BCUT2D eigenvalue weighted by atomic mass is 35.5. The highest BCUT2D eigenvalue weighted by molar-refractivity contribution is 6.29. The smallest absolute Gasteiger partial charge is 0.279 e. The lowest BCUT2D eigenvalue weighted by molar-refractivity contribution is -0.895. The van der Waals surface area contributed by atoms with E-state index in [1.165, 1.54) is 30.5 Å². The van der Waals surface area contributed by atoms with Gasteiger partial charge in [0.15, 0.2) is 6.54 Å². The molecule has 0 radical (unpaired) electrons. The van der Waals surface area contributed by atoms with Crippen LogP contribution in [0.5, 0.6) is 0 Å². The summed E-state index contributed by atoms with van der Waals surface area (Å²) in [6.07, 6.45) is 1.47. The van der Waals surface area contributed by atoms with Crippen LogP contribution in [0.4, 0.5) is 10.1 Å². The van der Waals surface area contributed by atoms with Crippen molar-refractivity contribution in [3.8, 4) is 0 Å². The molecule has 2 heterocycles. The second-order valence-electron chi connectivity index (χ2n) is 6.14. The van der Waals surface area contributed by atoms with E-state index in [9.17, 15) is 14.0 Å².